The van der Waals surface area contributed by atoms with Crippen molar-refractivity contribution in [1.29, 1.82) is 0 Å². The van der Waals surface area contributed by atoms with E-state index in [2.05, 4.69) is 19.2 Å². The van der Waals surface area contributed by atoms with Crippen LogP contribution in [0.25, 0.3) is 0 Å². The van der Waals surface area contributed by atoms with Crippen LogP contribution in [-0.4, -0.2) is 18.4 Å². The summed E-state index contributed by atoms with van der Waals surface area (Å²) < 4.78 is 0. The summed E-state index contributed by atoms with van der Waals surface area (Å²) in [5.74, 6) is 0.669. The van der Waals surface area contributed by atoms with Gasteiger partial charge in [0, 0.05) is 5.56 Å². The summed E-state index contributed by atoms with van der Waals surface area (Å²) in [4.78, 5) is 12.1. The molecule has 0 saturated carbocycles. The Morgan fingerprint density at radius 2 is 1.89 bits per heavy atom. The molecule has 0 saturated heterocycles. The Labute approximate surface area is 119 Å². The number of hydrogen-bond donors (Lipinski definition) is 1. The molecule has 0 spiro atoms. The molecule has 0 amide bonds. The maximum atomic E-state index is 12.1. The summed E-state index contributed by atoms with van der Waals surface area (Å²) in [5, 5.41) is 4.10. The fourth-order valence-electron chi connectivity index (χ4n) is 1.58. The number of rotatable bonds is 6. The maximum Gasteiger partial charge on any atom is 0.179 e. The number of benzene rings is 1. The molecular formula is C14H19Cl2NO. The van der Waals surface area contributed by atoms with Gasteiger partial charge in [0.25, 0.3) is 0 Å². The standard InChI is InChI=1S/C14H19Cl2NO/c1-9(2)6-7-17-10(3)14(18)11-4-5-12(15)13(16)8-11/h4-5,8-10,17H,6-7H2,1-3H3. The van der Waals surface area contributed by atoms with Crippen LogP contribution in [0.2, 0.25) is 10.0 Å². The molecular weight excluding hydrogens is 269 g/mol. The predicted octanol–water partition coefficient (Wildman–Crippen LogP) is 4.20. The van der Waals surface area contributed by atoms with E-state index >= 15 is 0 Å². The Bertz CT molecular complexity index is 418. The molecule has 18 heavy (non-hydrogen) atoms. The quantitative estimate of drug-likeness (QED) is 0.795. The highest BCUT2D eigenvalue weighted by Gasteiger charge is 2.15. The van der Waals surface area contributed by atoms with E-state index in [0.29, 0.717) is 21.5 Å². The number of Topliss-reactive ketones (excluding diaryl/α,β-unsaturated/α-hetero) is 1. The summed E-state index contributed by atoms with van der Waals surface area (Å²) in [6.45, 7) is 7.03. The SMILES string of the molecule is CC(C)CCNC(C)C(=O)c1ccc(Cl)c(Cl)c1. The van der Waals surface area contributed by atoms with Gasteiger partial charge in [-0.05, 0) is 44.0 Å². The van der Waals surface area contributed by atoms with Crippen molar-refractivity contribution in [3.8, 4) is 0 Å². The van der Waals surface area contributed by atoms with Crippen LogP contribution in [0, 0.1) is 5.92 Å². The third kappa shape index (κ3) is 4.60. The van der Waals surface area contributed by atoms with Crippen LogP contribution in [0.5, 0.6) is 0 Å². The summed E-state index contributed by atoms with van der Waals surface area (Å²) in [6, 6.07) is 4.77. The Morgan fingerprint density at radius 1 is 1.22 bits per heavy atom. The molecule has 0 aliphatic rings. The minimum absolute atomic E-state index is 0.0392. The van der Waals surface area contributed by atoms with Gasteiger partial charge in [0.05, 0.1) is 16.1 Å². The van der Waals surface area contributed by atoms with Crippen molar-refractivity contribution < 1.29 is 4.79 Å². The van der Waals surface area contributed by atoms with Crippen LogP contribution >= 0.6 is 23.2 Å². The average Bonchev–Trinajstić information content (AvgIpc) is 2.31. The van der Waals surface area contributed by atoms with Crippen molar-refractivity contribution in [2.45, 2.75) is 33.2 Å². The zero-order valence-corrected chi connectivity index (χ0v) is 12.5. The normalized spacial score (nSPS) is 12.8. The molecule has 100 valence electrons. The molecule has 1 atom stereocenters. The van der Waals surface area contributed by atoms with E-state index in [1.165, 1.54) is 0 Å². The molecule has 1 aromatic carbocycles. The highest BCUT2D eigenvalue weighted by molar-refractivity contribution is 6.42. The van der Waals surface area contributed by atoms with Gasteiger partial charge in [-0.15, -0.1) is 0 Å². The first-order valence-corrected chi connectivity index (χ1v) is 6.90. The predicted molar refractivity (Wildman–Crippen MR) is 77.7 cm³/mol. The van der Waals surface area contributed by atoms with Gasteiger partial charge in [-0.2, -0.15) is 0 Å². The first-order chi connectivity index (χ1) is 8.41. The van der Waals surface area contributed by atoms with Crippen molar-refractivity contribution in [2.75, 3.05) is 6.54 Å². The number of nitrogens with one attached hydrogen (secondary N) is 1. The number of hydrogen-bond acceptors (Lipinski definition) is 2. The van der Waals surface area contributed by atoms with Gasteiger partial charge in [-0.3, -0.25) is 4.79 Å². The van der Waals surface area contributed by atoms with E-state index in [0.717, 1.165) is 13.0 Å². The Kier molecular flexibility index (Phi) is 6.13. The van der Waals surface area contributed by atoms with E-state index < -0.39 is 0 Å². The molecule has 4 heteroatoms. The summed E-state index contributed by atoms with van der Waals surface area (Å²) in [7, 11) is 0. The third-order valence-electron chi connectivity index (χ3n) is 2.77. The average molecular weight is 288 g/mol. The molecule has 0 aromatic heterocycles. The van der Waals surface area contributed by atoms with Gasteiger partial charge in [0.15, 0.2) is 5.78 Å². The second-order valence-electron chi connectivity index (χ2n) is 4.85. The molecule has 0 radical (unpaired) electrons. The lowest BCUT2D eigenvalue weighted by molar-refractivity contribution is 0.0950. The molecule has 0 bridgehead atoms. The molecule has 2 nitrogen and oxygen atoms in total. The van der Waals surface area contributed by atoms with Crippen molar-refractivity contribution in [3.05, 3.63) is 33.8 Å². The molecule has 0 aliphatic carbocycles. The molecule has 1 unspecified atom stereocenters. The third-order valence-corrected chi connectivity index (χ3v) is 3.51. The van der Waals surface area contributed by atoms with Crippen LogP contribution < -0.4 is 5.32 Å². The van der Waals surface area contributed by atoms with E-state index in [1.54, 1.807) is 18.2 Å². The van der Waals surface area contributed by atoms with Crippen LogP contribution in [-0.2, 0) is 0 Å². The summed E-state index contributed by atoms with van der Waals surface area (Å²) >= 11 is 11.7. The topological polar surface area (TPSA) is 29.1 Å². The van der Waals surface area contributed by atoms with E-state index in [9.17, 15) is 4.79 Å². The van der Waals surface area contributed by atoms with Gasteiger partial charge in [-0.25, -0.2) is 0 Å². The molecule has 1 aromatic rings. The fraction of sp³-hybridized carbons (Fsp3) is 0.500. The molecule has 1 rings (SSSR count). The highest BCUT2D eigenvalue weighted by Crippen LogP contribution is 2.23. The Balaban J connectivity index is 2.60. The number of carbonyl (C=O) groups excluding carboxylic acids is 1. The minimum Gasteiger partial charge on any atom is -0.307 e. The number of halogens is 2. The van der Waals surface area contributed by atoms with Crippen molar-refractivity contribution in [1.82, 2.24) is 5.32 Å². The van der Waals surface area contributed by atoms with Crippen molar-refractivity contribution >= 4 is 29.0 Å². The fourth-order valence-corrected chi connectivity index (χ4v) is 1.88. The summed E-state index contributed by atoms with van der Waals surface area (Å²) in [6.07, 6.45) is 1.05. The van der Waals surface area contributed by atoms with Crippen molar-refractivity contribution in [3.63, 3.8) is 0 Å². The van der Waals surface area contributed by atoms with Crippen LogP contribution in [0.3, 0.4) is 0 Å². The van der Waals surface area contributed by atoms with E-state index in [-0.39, 0.29) is 11.8 Å². The molecule has 1 N–H and O–H groups in total. The monoisotopic (exact) mass is 287 g/mol. The van der Waals surface area contributed by atoms with Crippen LogP contribution in [0.1, 0.15) is 37.6 Å². The van der Waals surface area contributed by atoms with Crippen LogP contribution in [0.15, 0.2) is 18.2 Å². The Morgan fingerprint density at radius 3 is 2.44 bits per heavy atom. The number of ketones is 1. The van der Waals surface area contributed by atoms with E-state index in [4.69, 9.17) is 23.2 Å². The second kappa shape index (κ2) is 7.13. The minimum atomic E-state index is -0.207. The van der Waals surface area contributed by atoms with Crippen molar-refractivity contribution in [2.24, 2.45) is 5.92 Å². The van der Waals surface area contributed by atoms with Gasteiger partial charge in [0.1, 0.15) is 0 Å². The zero-order chi connectivity index (χ0) is 13.7. The van der Waals surface area contributed by atoms with Gasteiger partial charge >= 0.3 is 0 Å². The summed E-state index contributed by atoms with van der Waals surface area (Å²) in [5.41, 5.74) is 0.592. The van der Waals surface area contributed by atoms with Gasteiger partial charge in [0.2, 0.25) is 0 Å². The number of carbonyl (C=O) groups is 1. The molecule has 0 fully saturated rings. The molecule has 0 aliphatic heterocycles. The first-order valence-electron chi connectivity index (χ1n) is 6.14. The lowest BCUT2D eigenvalue weighted by atomic mass is 10.0. The lowest BCUT2D eigenvalue weighted by Gasteiger charge is -2.14. The smallest absolute Gasteiger partial charge is 0.179 e. The molecule has 0 heterocycles. The van der Waals surface area contributed by atoms with E-state index in [1.807, 2.05) is 6.92 Å². The van der Waals surface area contributed by atoms with Gasteiger partial charge < -0.3 is 5.32 Å². The van der Waals surface area contributed by atoms with Gasteiger partial charge in [-0.1, -0.05) is 37.0 Å². The lowest BCUT2D eigenvalue weighted by Crippen LogP contribution is -2.35. The van der Waals surface area contributed by atoms with Crippen LogP contribution in [0.4, 0.5) is 0 Å². The zero-order valence-electron chi connectivity index (χ0n) is 11.0. The Hall–Kier alpha value is -0.570. The highest BCUT2D eigenvalue weighted by atomic mass is 35.5. The first kappa shape index (κ1) is 15.5. The maximum absolute atomic E-state index is 12.1. The second-order valence-corrected chi connectivity index (χ2v) is 5.67. The largest absolute Gasteiger partial charge is 0.307 e.